The molecule has 0 fully saturated rings. The number of H-pyrrole nitrogens is 1. The van der Waals surface area contributed by atoms with Gasteiger partial charge in [0, 0.05) is 37.8 Å². The van der Waals surface area contributed by atoms with Gasteiger partial charge in [-0.2, -0.15) is 0 Å². The molecular weight excluding hydrogens is 202 g/mol. The molecule has 0 amide bonds. The number of methoxy groups -OCH3 is 1. The molecule has 0 radical (unpaired) electrons. The standard InChI is InChI=1S/C8H15N3O2S/c1-13-7(2-9)4-10-3-6-5-14-8(12)11-6/h5,7,10H,2-4,9H2,1H3,(H,11,12). The van der Waals surface area contributed by atoms with Gasteiger partial charge in [-0.05, 0) is 0 Å². The summed E-state index contributed by atoms with van der Waals surface area (Å²) in [5.41, 5.74) is 6.34. The second-order valence-corrected chi connectivity index (χ2v) is 3.74. The molecule has 0 spiro atoms. The van der Waals surface area contributed by atoms with Gasteiger partial charge in [-0.25, -0.2) is 0 Å². The SMILES string of the molecule is COC(CN)CNCc1csc(=O)[nH]1. The monoisotopic (exact) mass is 217 g/mol. The Morgan fingerprint density at radius 1 is 1.79 bits per heavy atom. The Balaban J connectivity index is 2.24. The third-order valence-corrected chi connectivity index (χ3v) is 2.57. The van der Waals surface area contributed by atoms with Crippen molar-refractivity contribution < 1.29 is 4.74 Å². The summed E-state index contributed by atoms with van der Waals surface area (Å²) in [6, 6.07) is 0. The van der Waals surface area contributed by atoms with E-state index in [1.165, 1.54) is 11.3 Å². The van der Waals surface area contributed by atoms with E-state index in [0.29, 0.717) is 19.6 Å². The van der Waals surface area contributed by atoms with Gasteiger partial charge in [0.05, 0.1) is 6.10 Å². The zero-order chi connectivity index (χ0) is 10.4. The minimum absolute atomic E-state index is 0.0242. The summed E-state index contributed by atoms with van der Waals surface area (Å²) in [7, 11) is 1.63. The Morgan fingerprint density at radius 3 is 3.07 bits per heavy atom. The van der Waals surface area contributed by atoms with Gasteiger partial charge >= 0.3 is 4.87 Å². The molecule has 1 heterocycles. The van der Waals surface area contributed by atoms with Crippen molar-refractivity contribution in [3.63, 3.8) is 0 Å². The van der Waals surface area contributed by atoms with E-state index in [9.17, 15) is 4.79 Å². The van der Waals surface area contributed by atoms with Crippen LogP contribution in [0.1, 0.15) is 5.69 Å². The molecular formula is C8H15N3O2S. The first-order chi connectivity index (χ1) is 6.76. The van der Waals surface area contributed by atoms with Gasteiger partial charge in [-0.1, -0.05) is 11.3 Å². The highest BCUT2D eigenvalue weighted by Crippen LogP contribution is 1.94. The van der Waals surface area contributed by atoms with Crippen molar-refractivity contribution in [2.45, 2.75) is 12.6 Å². The van der Waals surface area contributed by atoms with Crippen LogP contribution in [-0.2, 0) is 11.3 Å². The first-order valence-corrected chi connectivity index (χ1v) is 5.24. The number of hydrogen-bond donors (Lipinski definition) is 3. The maximum absolute atomic E-state index is 10.8. The van der Waals surface area contributed by atoms with Crippen molar-refractivity contribution in [3.05, 3.63) is 20.7 Å². The largest absolute Gasteiger partial charge is 0.379 e. The Bertz CT molecular complexity index is 306. The van der Waals surface area contributed by atoms with Crippen molar-refractivity contribution in [1.29, 1.82) is 0 Å². The van der Waals surface area contributed by atoms with Crippen LogP contribution in [0.5, 0.6) is 0 Å². The quantitative estimate of drug-likeness (QED) is 0.600. The Kier molecular flexibility index (Phi) is 4.81. The predicted octanol–water partition coefficient (Wildman–Crippen LogP) is -0.500. The van der Waals surface area contributed by atoms with Gasteiger partial charge < -0.3 is 20.8 Å². The van der Waals surface area contributed by atoms with Crippen LogP contribution in [0.15, 0.2) is 10.2 Å². The molecule has 1 atom stereocenters. The number of aromatic nitrogens is 1. The van der Waals surface area contributed by atoms with E-state index in [2.05, 4.69) is 10.3 Å². The summed E-state index contributed by atoms with van der Waals surface area (Å²) in [6.07, 6.45) is 0.0281. The van der Waals surface area contributed by atoms with Gasteiger partial charge in [0.2, 0.25) is 0 Å². The third-order valence-electron chi connectivity index (χ3n) is 1.85. The van der Waals surface area contributed by atoms with Gasteiger partial charge in [0.1, 0.15) is 0 Å². The van der Waals surface area contributed by atoms with E-state index < -0.39 is 0 Å². The smallest absolute Gasteiger partial charge is 0.304 e. The first kappa shape index (κ1) is 11.4. The lowest BCUT2D eigenvalue weighted by Crippen LogP contribution is -2.34. The van der Waals surface area contributed by atoms with Crippen LogP contribution in [-0.4, -0.2) is 31.3 Å². The van der Waals surface area contributed by atoms with Crippen LogP contribution < -0.4 is 15.9 Å². The molecule has 0 bridgehead atoms. The van der Waals surface area contributed by atoms with Crippen LogP contribution >= 0.6 is 11.3 Å². The third kappa shape index (κ3) is 3.59. The number of ether oxygens (including phenoxy) is 1. The van der Waals surface area contributed by atoms with Gasteiger partial charge in [-0.15, -0.1) is 0 Å². The lowest BCUT2D eigenvalue weighted by atomic mass is 10.3. The number of hydrogen-bond acceptors (Lipinski definition) is 5. The summed E-state index contributed by atoms with van der Waals surface area (Å²) in [6.45, 7) is 1.81. The Morgan fingerprint density at radius 2 is 2.57 bits per heavy atom. The second-order valence-electron chi connectivity index (χ2n) is 2.90. The average Bonchev–Trinajstić information content (AvgIpc) is 2.59. The number of rotatable bonds is 6. The van der Waals surface area contributed by atoms with E-state index >= 15 is 0 Å². The molecule has 6 heteroatoms. The summed E-state index contributed by atoms with van der Waals surface area (Å²) < 4.78 is 5.09. The maximum atomic E-state index is 10.8. The lowest BCUT2D eigenvalue weighted by molar-refractivity contribution is 0.108. The topological polar surface area (TPSA) is 80.1 Å². The number of aromatic amines is 1. The molecule has 4 N–H and O–H groups in total. The normalized spacial score (nSPS) is 13.0. The molecule has 1 rings (SSSR count). The van der Waals surface area contributed by atoms with Crippen molar-refractivity contribution in [2.75, 3.05) is 20.2 Å². The van der Waals surface area contributed by atoms with Crippen LogP contribution in [0.2, 0.25) is 0 Å². The molecule has 0 aliphatic rings. The summed E-state index contributed by atoms with van der Waals surface area (Å²) in [5.74, 6) is 0. The van der Waals surface area contributed by atoms with Gasteiger partial charge in [0.25, 0.3) is 0 Å². The molecule has 80 valence electrons. The maximum Gasteiger partial charge on any atom is 0.304 e. The fourth-order valence-electron chi connectivity index (χ4n) is 1.03. The highest BCUT2D eigenvalue weighted by Gasteiger charge is 2.03. The van der Waals surface area contributed by atoms with Crippen LogP contribution in [0.4, 0.5) is 0 Å². The lowest BCUT2D eigenvalue weighted by Gasteiger charge is -2.12. The van der Waals surface area contributed by atoms with Crippen LogP contribution in [0.25, 0.3) is 0 Å². The number of nitrogens with two attached hydrogens (primary N) is 1. The molecule has 1 aromatic rings. The van der Waals surface area contributed by atoms with E-state index in [1.54, 1.807) is 12.5 Å². The first-order valence-electron chi connectivity index (χ1n) is 4.36. The molecule has 0 saturated heterocycles. The molecule has 0 aliphatic heterocycles. The van der Waals surface area contributed by atoms with E-state index in [4.69, 9.17) is 10.5 Å². The minimum Gasteiger partial charge on any atom is -0.379 e. The summed E-state index contributed by atoms with van der Waals surface area (Å²) in [4.78, 5) is 13.5. The zero-order valence-electron chi connectivity index (χ0n) is 8.08. The van der Waals surface area contributed by atoms with Crippen molar-refractivity contribution in [1.82, 2.24) is 10.3 Å². The van der Waals surface area contributed by atoms with Crippen molar-refractivity contribution in [3.8, 4) is 0 Å². The highest BCUT2D eigenvalue weighted by molar-refractivity contribution is 7.07. The number of nitrogens with one attached hydrogen (secondary N) is 2. The zero-order valence-corrected chi connectivity index (χ0v) is 8.89. The molecule has 0 aliphatic carbocycles. The van der Waals surface area contributed by atoms with Crippen molar-refractivity contribution >= 4 is 11.3 Å². The van der Waals surface area contributed by atoms with E-state index in [-0.39, 0.29) is 11.0 Å². The van der Waals surface area contributed by atoms with E-state index in [1.807, 2.05) is 0 Å². The molecule has 1 unspecified atom stereocenters. The fourth-order valence-corrected chi connectivity index (χ4v) is 1.61. The molecule has 1 aromatic heterocycles. The van der Waals surface area contributed by atoms with Crippen LogP contribution in [0, 0.1) is 0 Å². The summed E-state index contributed by atoms with van der Waals surface area (Å²) >= 11 is 1.17. The Labute approximate surface area is 86.3 Å². The fraction of sp³-hybridized carbons (Fsp3) is 0.625. The second kappa shape index (κ2) is 5.92. The average molecular weight is 217 g/mol. The van der Waals surface area contributed by atoms with E-state index in [0.717, 1.165) is 5.69 Å². The molecule has 0 saturated carbocycles. The molecule has 14 heavy (non-hydrogen) atoms. The van der Waals surface area contributed by atoms with Gasteiger partial charge in [-0.3, -0.25) is 4.79 Å². The minimum atomic E-state index is -0.0242. The molecule has 0 aromatic carbocycles. The van der Waals surface area contributed by atoms with Crippen molar-refractivity contribution in [2.24, 2.45) is 5.73 Å². The number of thiazole rings is 1. The highest BCUT2D eigenvalue weighted by atomic mass is 32.1. The van der Waals surface area contributed by atoms with Crippen LogP contribution in [0.3, 0.4) is 0 Å². The predicted molar refractivity (Wildman–Crippen MR) is 56.5 cm³/mol. The molecule has 5 nitrogen and oxygen atoms in total. The summed E-state index contributed by atoms with van der Waals surface area (Å²) in [5, 5.41) is 4.95. The Hall–Kier alpha value is -0.690. The van der Waals surface area contributed by atoms with Gasteiger partial charge in [0.15, 0.2) is 0 Å².